The summed E-state index contributed by atoms with van der Waals surface area (Å²) < 4.78 is 2.31. The average Bonchev–Trinajstić information content (AvgIpc) is 3.32. The number of carbonyl (C=O) groups is 1. The highest BCUT2D eigenvalue weighted by Crippen LogP contribution is 2.24. The zero-order valence-electron chi connectivity index (χ0n) is 15.3. The van der Waals surface area contributed by atoms with E-state index in [1.54, 1.807) is 11.6 Å². The van der Waals surface area contributed by atoms with Crippen LogP contribution < -0.4 is 5.48 Å². The Morgan fingerprint density at radius 3 is 2.71 bits per heavy atom. The highest BCUT2D eigenvalue weighted by atomic mass is 16.5. The van der Waals surface area contributed by atoms with Crippen LogP contribution in [0.3, 0.4) is 0 Å². The molecule has 0 aliphatic carbocycles. The third-order valence-corrected chi connectivity index (χ3v) is 4.72. The molecule has 2 heterocycles. The molecule has 1 aliphatic rings. The largest absolute Gasteiger partial charge is 0.338 e. The third-order valence-electron chi connectivity index (χ3n) is 4.72. The third kappa shape index (κ3) is 3.94. The molecule has 7 heteroatoms. The summed E-state index contributed by atoms with van der Waals surface area (Å²) in [6.45, 7) is 1.94. The van der Waals surface area contributed by atoms with Crippen LogP contribution in [0.1, 0.15) is 17.7 Å². The maximum Gasteiger partial charge on any atom is 0.247 e. The summed E-state index contributed by atoms with van der Waals surface area (Å²) in [4.78, 5) is 11.2. The number of amides is 1. The van der Waals surface area contributed by atoms with E-state index in [2.05, 4.69) is 63.4 Å². The van der Waals surface area contributed by atoms with Crippen molar-refractivity contribution in [2.45, 2.75) is 19.5 Å². The van der Waals surface area contributed by atoms with Gasteiger partial charge in [-0.2, -0.15) is 0 Å². The lowest BCUT2D eigenvalue weighted by Gasteiger charge is -2.15. The topological polar surface area (TPSA) is 82.2 Å². The van der Waals surface area contributed by atoms with Crippen LogP contribution in [0, 0.1) is 0 Å². The molecule has 1 amide bonds. The second kappa shape index (κ2) is 8.06. The summed E-state index contributed by atoms with van der Waals surface area (Å²) in [6.07, 6.45) is 1.75. The van der Waals surface area contributed by atoms with Crippen LogP contribution in [0.15, 0.2) is 82.8 Å². The minimum Gasteiger partial charge on any atom is -0.338 e. The maximum atomic E-state index is 11.2. The Hall–Kier alpha value is -3.45. The number of para-hydroxylation sites is 1. The first-order valence-corrected chi connectivity index (χ1v) is 9.12. The van der Waals surface area contributed by atoms with Crippen LogP contribution >= 0.6 is 0 Å². The summed E-state index contributed by atoms with van der Waals surface area (Å²) in [6, 6.07) is 20.9. The van der Waals surface area contributed by atoms with E-state index in [-0.39, 0.29) is 6.42 Å². The Morgan fingerprint density at radius 1 is 1.11 bits per heavy atom. The first-order valence-electron chi connectivity index (χ1n) is 9.12. The van der Waals surface area contributed by atoms with Crippen LogP contribution in [0.25, 0.3) is 10.9 Å². The van der Waals surface area contributed by atoms with E-state index in [0.29, 0.717) is 18.8 Å². The van der Waals surface area contributed by atoms with Crippen molar-refractivity contribution in [3.63, 3.8) is 0 Å². The number of hydrogen-bond acceptors (Lipinski definition) is 5. The van der Waals surface area contributed by atoms with Crippen molar-refractivity contribution in [2.75, 3.05) is 6.54 Å². The molecular formula is C21H21N5O2. The van der Waals surface area contributed by atoms with Crippen molar-refractivity contribution in [3.8, 4) is 0 Å². The van der Waals surface area contributed by atoms with Crippen molar-refractivity contribution < 1.29 is 10.0 Å². The number of rotatable bonds is 6. The van der Waals surface area contributed by atoms with Gasteiger partial charge in [-0.05, 0) is 29.2 Å². The Bertz CT molecular complexity index is 1040. The SMILES string of the molecule is O=C(C/C=C1/CN(Cc2cc3ccccc3n2Cc2ccccc2)N=N1)NO. The molecule has 0 fully saturated rings. The number of fused-ring (bicyclic) bond motifs is 1. The first kappa shape index (κ1) is 17.9. The standard InChI is InChI=1S/C21H21N5O2/c27-21(23-28)11-10-18-14-25(24-22-18)15-19-12-17-8-4-5-9-20(17)26(19)13-16-6-2-1-3-7-16/h1-10,12,28H,11,13-15H2,(H,23,27)/b18-10-. The van der Waals surface area contributed by atoms with Gasteiger partial charge in [0.25, 0.3) is 0 Å². The number of nitrogens with one attached hydrogen (secondary N) is 1. The Kier molecular flexibility index (Phi) is 5.16. The molecule has 28 heavy (non-hydrogen) atoms. The number of nitrogens with zero attached hydrogens (tertiary/aromatic N) is 4. The fourth-order valence-electron chi connectivity index (χ4n) is 3.36. The van der Waals surface area contributed by atoms with Gasteiger partial charge in [-0.15, -0.1) is 5.11 Å². The van der Waals surface area contributed by atoms with Crippen LogP contribution in [0.4, 0.5) is 0 Å². The number of aromatic nitrogens is 1. The number of hydroxylamine groups is 1. The van der Waals surface area contributed by atoms with Gasteiger partial charge in [-0.3, -0.25) is 15.0 Å². The van der Waals surface area contributed by atoms with Gasteiger partial charge in [-0.1, -0.05) is 53.8 Å². The van der Waals surface area contributed by atoms with Crippen molar-refractivity contribution in [3.05, 3.63) is 83.7 Å². The van der Waals surface area contributed by atoms with E-state index in [9.17, 15) is 4.79 Å². The van der Waals surface area contributed by atoms with Crippen molar-refractivity contribution in [1.82, 2.24) is 15.1 Å². The van der Waals surface area contributed by atoms with E-state index in [0.717, 1.165) is 12.2 Å². The second-order valence-corrected chi connectivity index (χ2v) is 6.71. The highest BCUT2D eigenvalue weighted by Gasteiger charge is 2.17. The van der Waals surface area contributed by atoms with Gasteiger partial charge in [0.15, 0.2) is 0 Å². The maximum absolute atomic E-state index is 11.2. The van der Waals surface area contributed by atoms with Crippen molar-refractivity contribution >= 4 is 16.8 Å². The molecule has 2 aromatic carbocycles. The molecule has 0 unspecified atom stereocenters. The molecule has 2 N–H and O–H groups in total. The lowest BCUT2D eigenvalue weighted by atomic mass is 10.2. The molecule has 1 aliphatic heterocycles. The van der Waals surface area contributed by atoms with E-state index >= 15 is 0 Å². The molecule has 4 rings (SSSR count). The molecule has 7 nitrogen and oxygen atoms in total. The minimum atomic E-state index is -0.468. The van der Waals surface area contributed by atoms with Crippen LogP contribution in [0.2, 0.25) is 0 Å². The fourth-order valence-corrected chi connectivity index (χ4v) is 3.36. The lowest BCUT2D eigenvalue weighted by Crippen LogP contribution is -2.19. The molecule has 0 spiro atoms. The van der Waals surface area contributed by atoms with E-state index in [1.807, 2.05) is 17.1 Å². The lowest BCUT2D eigenvalue weighted by molar-refractivity contribution is -0.128. The normalized spacial score (nSPS) is 14.9. The second-order valence-electron chi connectivity index (χ2n) is 6.71. The van der Waals surface area contributed by atoms with Crippen LogP contribution in [-0.2, 0) is 17.9 Å². The van der Waals surface area contributed by atoms with Crippen molar-refractivity contribution in [1.29, 1.82) is 0 Å². The summed E-state index contributed by atoms with van der Waals surface area (Å²) in [5, 5.41) is 20.0. The molecule has 142 valence electrons. The monoisotopic (exact) mass is 375 g/mol. The van der Waals surface area contributed by atoms with Gasteiger partial charge >= 0.3 is 0 Å². The molecule has 0 atom stereocenters. The summed E-state index contributed by atoms with van der Waals surface area (Å²) in [5.74, 6) is -0.468. The molecule has 1 aromatic heterocycles. The van der Waals surface area contributed by atoms with Gasteiger partial charge in [0.1, 0.15) is 0 Å². The van der Waals surface area contributed by atoms with Crippen LogP contribution in [0.5, 0.6) is 0 Å². The Morgan fingerprint density at radius 2 is 1.89 bits per heavy atom. The smallest absolute Gasteiger partial charge is 0.247 e. The van der Waals surface area contributed by atoms with Gasteiger partial charge in [-0.25, -0.2) is 5.48 Å². The molecule has 0 saturated heterocycles. The summed E-state index contributed by atoms with van der Waals surface area (Å²) in [7, 11) is 0. The Balaban J connectivity index is 1.55. The summed E-state index contributed by atoms with van der Waals surface area (Å²) >= 11 is 0. The van der Waals surface area contributed by atoms with Gasteiger partial charge in [0.2, 0.25) is 5.91 Å². The number of hydrogen-bond donors (Lipinski definition) is 2. The number of carbonyl (C=O) groups excluding carboxylic acids is 1. The van der Waals surface area contributed by atoms with E-state index in [4.69, 9.17) is 5.21 Å². The van der Waals surface area contributed by atoms with Gasteiger partial charge in [0.05, 0.1) is 18.8 Å². The molecule has 0 radical (unpaired) electrons. The zero-order chi connectivity index (χ0) is 19.3. The average molecular weight is 375 g/mol. The van der Waals surface area contributed by atoms with Crippen LogP contribution in [-0.4, -0.2) is 27.2 Å². The molecular weight excluding hydrogens is 354 g/mol. The quantitative estimate of drug-likeness (QED) is 0.510. The predicted octanol–water partition coefficient (Wildman–Crippen LogP) is 3.65. The highest BCUT2D eigenvalue weighted by molar-refractivity contribution is 5.81. The first-order chi connectivity index (χ1) is 13.7. The predicted molar refractivity (Wildman–Crippen MR) is 105 cm³/mol. The van der Waals surface area contributed by atoms with Gasteiger partial charge in [0, 0.05) is 24.2 Å². The molecule has 3 aromatic rings. The Labute approximate surface area is 162 Å². The van der Waals surface area contributed by atoms with Gasteiger partial charge < -0.3 is 4.57 Å². The summed E-state index contributed by atoms with van der Waals surface area (Å²) in [5.41, 5.74) is 5.91. The zero-order valence-corrected chi connectivity index (χ0v) is 15.3. The molecule has 0 saturated carbocycles. The van der Waals surface area contributed by atoms with Crippen molar-refractivity contribution in [2.24, 2.45) is 10.3 Å². The number of benzene rings is 2. The van der Waals surface area contributed by atoms with E-state index in [1.165, 1.54) is 16.5 Å². The molecule has 0 bridgehead atoms. The minimum absolute atomic E-state index is 0.0764. The van der Waals surface area contributed by atoms with E-state index < -0.39 is 5.91 Å². The fraction of sp³-hybridized carbons (Fsp3) is 0.190.